The zero-order valence-electron chi connectivity index (χ0n) is 12.4. The molecule has 0 aliphatic carbocycles. The highest BCUT2D eigenvalue weighted by Gasteiger charge is 2.15. The van der Waals surface area contributed by atoms with Crippen LogP contribution in [0.3, 0.4) is 0 Å². The van der Waals surface area contributed by atoms with Crippen LogP contribution in [0.15, 0.2) is 24.4 Å². The average Bonchev–Trinajstić information content (AvgIpc) is 3.17. The maximum Gasteiger partial charge on any atom is 0.231 e. The van der Waals surface area contributed by atoms with E-state index in [1.165, 1.54) is 29.7 Å². The first-order valence-corrected chi connectivity index (χ1v) is 8.53. The van der Waals surface area contributed by atoms with Gasteiger partial charge in [0.15, 0.2) is 16.6 Å². The summed E-state index contributed by atoms with van der Waals surface area (Å²) in [6.07, 6.45) is 6.70. The normalized spacial score (nSPS) is 17.6. The summed E-state index contributed by atoms with van der Waals surface area (Å²) in [6.45, 7) is 2.54. The molecule has 0 bridgehead atoms. The molecule has 0 radical (unpaired) electrons. The van der Waals surface area contributed by atoms with Gasteiger partial charge in [0.2, 0.25) is 6.79 Å². The number of anilines is 1. The van der Waals surface area contributed by atoms with E-state index in [1.54, 1.807) is 11.3 Å². The van der Waals surface area contributed by atoms with Gasteiger partial charge in [0.25, 0.3) is 0 Å². The van der Waals surface area contributed by atoms with E-state index >= 15 is 0 Å². The van der Waals surface area contributed by atoms with Gasteiger partial charge in [-0.2, -0.15) is 0 Å². The number of hydrogen-bond donors (Lipinski definition) is 1. The van der Waals surface area contributed by atoms with Crippen LogP contribution in [0.1, 0.15) is 29.7 Å². The molecule has 0 unspecified atom stereocenters. The quantitative estimate of drug-likeness (QED) is 0.938. The van der Waals surface area contributed by atoms with Crippen LogP contribution in [0.25, 0.3) is 0 Å². The van der Waals surface area contributed by atoms with Crippen LogP contribution in [-0.4, -0.2) is 29.9 Å². The lowest BCUT2D eigenvalue weighted by Gasteiger charge is -2.26. The second-order valence-corrected chi connectivity index (χ2v) is 6.77. The molecule has 1 aromatic carbocycles. The molecule has 1 N–H and O–H groups in total. The van der Waals surface area contributed by atoms with Crippen molar-refractivity contribution in [2.24, 2.45) is 0 Å². The zero-order valence-corrected chi connectivity index (χ0v) is 13.2. The molecule has 3 heterocycles. The molecule has 0 amide bonds. The van der Waals surface area contributed by atoms with Crippen molar-refractivity contribution in [2.45, 2.75) is 25.7 Å². The lowest BCUT2D eigenvalue weighted by molar-refractivity contribution is 0.174. The molecule has 4 rings (SSSR count). The molecule has 0 spiro atoms. The lowest BCUT2D eigenvalue weighted by Crippen LogP contribution is -2.34. The van der Waals surface area contributed by atoms with E-state index in [9.17, 15) is 0 Å². The van der Waals surface area contributed by atoms with Crippen molar-refractivity contribution >= 4 is 16.5 Å². The number of hydrogen-bond acceptors (Lipinski definition) is 6. The Bertz CT molecular complexity index is 653. The van der Waals surface area contributed by atoms with Gasteiger partial charge in [-0.1, -0.05) is 12.5 Å². The minimum Gasteiger partial charge on any atom is -0.454 e. The topological polar surface area (TPSA) is 46.6 Å². The number of rotatable bonds is 4. The van der Waals surface area contributed by atoms with Crippen molar-refractivity contribution in [3.05, 3.63) is 34.8 Å². The number of benzene rings is 1. The molecular formula is C16H19N3O2S. The first kappa shape index (κ1) is 13.8. The Kier molecular flexibility index (Phi) is 3.86. The fraction of sp³-hybridized carbons (Fsp3) is 0.438. The predicted octanol–water partition coefficient (Wildman–Crippen LogP) is 3.28. The van der Waals surface area contributed by atoms with Crippen molar-refractivity contribution in [2.75, 3.05) is 25.3 Å². The smallest absolute Gasteiger partial charge is 0.231 e. The SMILES string of the molecule is c1cc2c(cc1Cc1cnc(NN3CCCCC3)s1)OCO2. The van der Waals surface area contributed by atoms with Gasteiger partial charge in [-0.05, 0) is 30.5 Å². The maximum absolute atomic E-state index is 5.43. The molecule has 0 saturated carbocycles. The summed E-state index contributed by atoms with van der Waals surface area (Å²) < 4.78 is 10.8. The van der Waals surface area contributed by atoms with Crippen LogP contribution < -0.4 is 14.9 Å². The third kappa shape index (κ3) is 3.03. The Hall–Kier alpha value is -1.79. The van der Waals surface area contributed by atoms with E-state index in [-0.39, 0.29) is 0 Å². The van der Waals surface area contributed by atoms with Gasteiger partial charge in [-0.15, -0.1) is 11.3 Å². The number of aromatic nitrogens is 1. The highest BCUT2D eigenvalue weighted by molar-refractivity contribution is 7.15. The number of nitrogens with one attached hydrogen (secondary N) is 1. The van der Waals surface area contributed by atoms with E-state index in [2.05, 4.69) is 27.6 Å². The van der Waals surface area contributed by atoms with Gasteiger partial charge in [0, 0.05) is 30.6 Å². The van der Waals surface area contributed by atoms with E-state index in [0.29, 0.717) is 6.79 Å². The molecule has 1 fully saturated rings. The molecule has 22 heavy (non-hydrogen) atoms. The van der Waals surface area contributed by atoms with Crippen molar-refractivity contribution in [1.29, 1.82) is 0 Å². The number of thiazole rings is 1. The molecule has 1 saturated heterocycles. The van der Waals surface area contributed by atoms with Gasteiger partial charge in [-0.3, -0.25) is 5.43 Å². The van der Waals surface area contributed by atoms with Crippen molar-refractivity contribution in [3.8, 4) is 11.5 Å². The molecule has 5 nitrogen and oxygen atoms in total. The highest BCUT2D eigenvalue weighted by Crippen LogP contribution is 2.33. The second-order valence-electron chi connectivity index (χ2n) is 5.66. The first-order chi connectivity index (χ1) is 10.9. The Balaban J connectivity index is 1.41. The molecule has 0 atom stereocenters. The molecule has 2 aliphatic heterocycles. The van der Waals surface area contributed by atoms with Gasteiger partial charge >= 0.3 is 0 Å². The summed E-state index contributed by atoms with van der Waals surface area (Å²) in [5.41, 5.74) is 4.64. The molecule has 1 aromatic heterocycles. The fourth-order valence-electron chi connectivity index (χ4n) is 2.83. The number of hydrazine groups is 1. The number of nitrogens with zero attached hydrogens (tertiary/aromatic N) is 2. The summed E-state index contributed by atoms with van der Waals surface area (Å²) in [4.78, 5) is 5.74. The summed E-state index contributed by atoms with van der Waals surface area (Å²) in [5, 5.41) is 3.25. The Morgan fingerprint density at radius 1 is 1.14 bits per heavy atom. The fourth-order valence-corrected chi connectivity index (χ4v) is 3.71. The van der Waals surface area contributed by atoms with Crippen LogP contribution in [0.2, 0.25) is 0 Å². The number of ether oxygens (including phenoxy) is 2. The Morgan fingerprint density at radius 3 is 2.91 bits per heavy atom. The van der Waals surface area contributed by atoms with Gasteiger partial charge in [-0.25, -0.2) is 9.99 Å². The summed E-state index contributed by atoms with van der Waals surface area (Å²) in [6, 6.07) is 6.12. The van der Waals surface area contributed by atoms with Gasteiger partial charge in [0.1, 0.15) is 0 Å². The first-order valence-electron chi connectivity index (χ1n) is 7.72. The summed E-state index contributed by atoms with van der Waals surface area (Å²) >= 11 is 1.72. The predicted molar refractivity (Wildman–Crippen MR) is 86.5 cm³/mol. The number of piperidine rings is 1. The molecule has 2 aliphatic rings. The summed E-state index contributed by atoms with van der Waals surface area (Å²) in [7, 11) is 0. The summed E-state index contributed by atoms with van der Waals surface area (Å²) in [5.74, 6) is 1.68. The third-order valence-corrected chi connectivity index (χ3v) is 4.88. The monoisotopic (exact) mass is 317 g/mol. The van der Waals surface area contributed by atoms with Crippen LogP contribution in [0.5, 0.6) is 11.5 Å². The van der Waals surface area contributed by atoms with E-state index in [4.69, 9.17) is 9.47 Å². The van der Waals surface area contributed by atoms with Crippen molar-refractivity contribution in [1.82, 2.24) is 9.99 Å². The van der Waals surface area contributed by atoms with E-state index < -0.39 is 0 Å². The third-order valence-electron chi connectivity index (χ3n) is 3.98. The number of fused-ring (bicyclic) bond motifs is 1. The van der Waals surface area contributed by atoms with Gasteiger partial charge in [0.05, 0.1) is 0 Å². The molecule has 6 heteroatoms. The van der Waals surface area contributed by atoms with Crippen molar-refractivity contribution in [3.63, 3.8) is 0 Å². The van der Waals surface area contributed by atoms with E-state index in [1.807, 2.05) is 12.3 Å². The largest absolute Gasteiger partial charge is 0.454 e. The van der Waals surface area contributed by atoms with Crippen molar-refractivity contribution < 1.29 is 9.47 Å². The van der Waals surface area contributed by atoms with Gasteiger partial charge < -0.3 is 9.47 Å². The lowest BCUT2D eigenvalue weighted by atomic mass is 10.1. The Morgan fingerprint density at radius 2 is 2.00 bits per heavy atom. The van der Waals surface area contributed by atoms with Crippen LogP contribution in [-0.2, 0) is 6.42 Å². The van der Waals surface area contributed by atoms with E-state index in [0.717, 1.165) is 36.1 Å². The highest BCUT2D eigenvalue weighted by atomic mass is 32.1. The molecular weight excluding hydrogens is 298 g/mol. The second kappa shape index (κ2) is 6.14. The van der Waals surface area contributed by atoms with Crippen LogP contribution >= 0.6 is 11.3 Å². The average molecular weight is 317 g/mol. The minimum atomic E-state index is 0.323. The molecule has 116 valence electrons. The minimum absolute atomic E-state index is 0.323. The van der Waals surface area contributed by atoms with Crippen LogP contribution in [0.4, 0.5) is 5.13 Å². The zero-order chi connectivity index (χ0) is 14.8. The maximum atomic E-state index is 5.43. The standard InChI is InChI=1S/C16H19N3O2S/c1-2-6-19(7-3-1)18-16-17-10-13(22-16)8-12-4-5-14-15(9-12)21-11-20-14/h4-5,9-10H,1-3,6-8,11H2,(H,17,18). The van der Waals surface area contributed by atoms with Crippen LogP contribution in [0, 0.1) is 0 Å². The Labute approximate surface area is 133 Å². The molecule has 2 aromatic rings.